The Kier molecular flexibility index (Phi) is 4.01. The van der Waals surface area contributed by atoms with Crippen LogP contribution in [0.2, 0.25) is 0 Å². The SMILES string of the molecule is CC(O)(CCc1ccccc1F)CC(=O)O. The van der Waals surface area contributed by atoms with Crippen molar-refractivity contribution >= 4 is 5.97 Å². The molecule has 2 N–H and O–H groups in total. The van der Waals surface area contributed by atoms with E-state index in [2.05, 4.69) is 0 Å². The number of aliphatic hydroxyl groups is 1. The highest BCUT2D eigenvalue weighted by Gasteiger charge is 2.24. The van der Waals surface area contributed by atoms with Gasteiger partial charge >= 0.3 is 5.97 Å². The monoisotopic (exact) mass is 226 g/mol. The second-order valence-electron chi connectivity index (χ2n) is 4.16. The highest BCUT2D eigenvalue weighted by Crippen LogP contribution is 2.19. The fourth-order valence-electron chi connectivity index (χ4n) is 1.52. The van der Waals surface area contributed by atoms with Crippen LogP contribution in [0.5, 0.6) is 0 Å². The minimum Gasteiger partial charge on any atom is -0.481 e. The molecule has 88 valence electrons. The van der Waals surface area contributed by atoms with Gasteiger partial charge in [-0.1, -0.05) is 18.2 Å². The lowest BCUT2D eigenvalue weighted by molar-refractivity contribution is -0.142. The van der Waals surface area contributed by atoms with Crippen LogP contribution in [0.3, 0.4) is 0 Å². The summed E-state index contributed by atoms with van der Waals surface area (Å²) < 4.78 is 13.2. The Balaban J connectivity index is 2.57. The Labute approximate surface area is 93.5 Å². The van der Waals surface area contributed by atoms with Gasteiger partial charge in [-0.25, -0.2) is 4.39 Å². The van der Waals surface area contributed by atoms with Crippen molar-refractivity contribution in [2.45, 2.75) is 31.8 Å². The zero-order chi connectivity index (χ0) is 12.2. The largest absolute Gasteiger partial charge is 0.481 e. The van der Waals surface area contributed by atoms with Crippen LogP contribution in [-0.4, -0.2) is 21.8 Å². The molecule has 0 spiro atoms. The molecule has 0 aromatic heterocycles. The third kappa shape index (κ3) is 3.98. The van der Waals surface area contributed by atoms with Crippen molar-refractivity contribution in [3.05, 3.63) is 35.6 Å². The van der Waals surface area contributed by atoms with Crippen LogP contribution in [0.4, 0.5) is 4.39 Å². The quantitative estimate of drug-likeness (QED) is 0.807. The maximum Gasteiger partial charge on any atom is 0.306 e. The average Bonchev–Trinajstić information content (AvgIpc) is 2.14. The van der Waals surface area contributed by atoms with Gasteiger partial charge in [0.1, 0.15) is 5.82 Å². The minimum absolute atomic E-state index is 0.222. The molecule has 1 aromatic rings. The predicted octanol–water partition coefficient (Wildman–Crippen LogP) is 1.98. The summed E-state index contributed by atoms with van der Waals surface area (Å²) in [6.45, 7) is 1.45. The standard InChI is InChI=1S/C12H15FO3/c1-12(16,8-11(14)15)7-6-9-4-2-3-5-10(9)13/h2-5,16H,6-8H2,1H3,(H,14,15). The topological polar surface area (TPSA) is 57.5 Å². The molecule has 0 fully saturated rings. The highest BCUT2D eigenvalue weighted by atomic mass is 19.1. The van der Waals surface area contributed by atoms with E-state index in [0.29, 0.717) is 12.0 Å². The first-order valence-corrected chi connectivity index (χ1v) is 5.08. The Morgan fingerprint density at radius 3 is 2.62 bits per heavy atom. The number of rotatable bonds is 5. The molecule has 0 bridgehead atoms. The van der Waals surface area contributed by atoms with E-state index >= 15 is 0 Å². The Hall–Kier alpha value is -1.42. The molecular formula is C12H15FO3. The lowest BCUT2D eigenvalue weighted by Crippen LogP contribution is -2.28. The molecule has 0 saturated carbocycles. The third-order valence-corrected chi connectivity index (χ3v) is 2.42. The molecule has 3 nitrogen and oxygen atoms in total. The Morgan fingerprint density at radius 1 is 1.44 bits per heavy atom. The maximum absolute atomic E-state index is 13.2. The summed E-state index contributed by atoms with van der Waals surface area (Å²) in [5.41, 5.74) is -0.804. The molecule has 0 saturated heterocycles. The molecule has 1 atom stereocenters. The number of benzene rings is 1. The van der Waals surface area contributed by atoms with E-state index in [1.807, 2.05) is 0 Å². The predicted molar refractivity (Wildman–Crippen MR) is 57.6 cm³/mol. The van der Waals surface area contributed by atoms with E-state index in [9.17, 15) is 14.3 Å². The van der Waals surface area contributed by atoms with E-state index in [0.717, 1.165) is 0 Å². The lowest BCUT2D eigenvalue weighted by atomic mass is 9.93. The summed E-state index contributed by atoms with van der Waals surface area (Å²) in [6, 6.07) is 6.28. The van der Waals surface area contributed by atoms with Gasteiger partial charge in [-0.05, 0) is 31.4 Å². The molecular weight excluding hydrogens is 211 g/mol. The fourth-order valence-corrected chi connectivity index (χ4v) is 1.52. The number of hydrogen-bond acceptors (Lipinski definition) is 2. The number of hydrogen-bond donors (Lipinski definition) is 2. The zero-order valence-electron chi connectivity index (χ0n) is 9.11. The van der Waals surface area contributed by atoms with Gasteiger partial charge in [-0.2, -0.15) is 0 Å². The van der Waals surface area contributed by atoms with Crippen LogP contribution in [-0.2, 0) is 11.2 Å². The summed E-state index contributed by atoms with van der Waals surface area (Å²) in [5, 5.41) is 18.3. The average molecular weight is 226 g/mol. The van der Waals surface area contributed by atoms with Crippen molar-refractivity contribution < 1.29 is 19.4 Å². The number of carboxylic acids is 1. The molecule has 0 heterocycles. The highest BCUT2D eigenvalue weighted by molar-refractivity contribution is 5.68. The van der Waals surface area contributed by atoms with Crippen molar-refractivity contribution in [1.29, 1.82) is 0 Å². The molecule has 16 heavy (non-hydrogen) atoms. The van der Waals surface area contributed by atoms with Crippen LogP contribution in [0.25, 0.3) is 0 Å². The van der Waals surface area contributed by atoms with Crippen molar-refractivity contribution in [3.63, 3.8) is 0 Å². The lowest BCUT2D eigenvalue weighted by Gasteiger charge is -2.20. The molecule has 4 heteroatoms. The summed E-state index contributed by atoms with van der Waals surface area (Å²) in [6.07, 6.45) is 0.217. The second-order valence-corrected chi connectivity index (χ2v) is 4.16. The smallest absolute Gasteiger partial charge is 0.306 e. The first kappa shape index (κ1) is 12.6. The van der Waals surface area contributed by atoms with Crippen molar-refractivity contribution in [3.8, 4) is 0 Å². The molecule has 1 unspecified atom stereocenters. The van der Waals surface area contributed by atoms with Crippen LogP contribution >= 0.6 is 0 Å². The van der Waals surface area contributed by atoms with E-state index in [1.54, 1.807) is 18.2 Å². The van der Waals surface area contributed by atoms with Crippen molar-refractivity contribution in [2.75, 3.05) is 0 Å². The maximum atomic E-state index is 13.2. The molecule has 1 rings (SSSR count). The van der Waals surface area contributed by atoms with Gasteiger partial charge in [0.15, 0.2) is 0 Å². The van der Waals surface area contributed by atoms with Gasteiger partial charge in [0.2, 0.25) is 0 Å². The van der Waals surface area contributed by atoms with E-state index in [4.69, 9.17) is 5.11 Å². The third-order valence-electron chi connectivity index (χ3n) is 2.42. The number of halogens is 1. The normalized spacial score (nSPS) is 14.4. The fraction of sp³-hybridized carbons (Fsp3) is 0.417. The van der Waals surface area contributed by atoms with Gasteiger partial charge in [-0.15, -0.1) is 0 Å². The van der Waals surface area contributed by atoms with Crippen molar-refractivity contribution in [1.82, 2.24) is 0 Å². The van der Waals surface area contributed by atoms with Crippen LogP contribution < -0.4 is 0 Å². The van der Waals surface area contributed by atoms with Gasteiger partial charge in [0.25, 0.3) is 0 Å². The van der Waals surface area contributed by atoms with Gasteiger partial charge < -0.3 is 10.2 Å². The second kappa shape index (κ2) is 5.07. The van der Waals surface area contributed by atoms with Crippen LogP contribution in [0, 0.1) is 5.82 Å². The Bertz CT molecular complexity index is 374. The number of aryl methyl sites for hydroxylation is 1. The van der Waals surface area contributed by atoms with E-state index in [-0.39, 0.29) is 18.7 Å². The molecule has 0 aliphatic heterocycles. The van der Waals surface area contributed by atoms with Gasteiger partial charge in [0.05, 0.1) is 12.0 Å². The summed E-state index contributed by atoms with van der Waals surface area (Å²) >= 11 is 0. The van der Waals surface area contributed by atoms with Crippen LogP contribution in [0.15, 0.2) is 24.3 Å². The zero-order valence-corrected chi connectivity index (χ0v) is 9.11. The number of aliphatic carboxylic acids is 1. The van der Waals surface area contributed by atoms with E-state index < -0.39 is 11.6 Å². The summed E-state index contributed by atoms with van der Waals surface area (Å²) in [4.78, 5) is 10.5. The van der Waals surface area contributed by atoms with E-state index in [1.165, 1.54) is 13.0 Å². The molecule has 0 aliphatic carbocycles. The first-order valence-electron chi connectivity index (χ1n) is 5.08. The van der Waals surface area contributed by atoms with Crippen molar-refractivity contribution in [2.24, 2.45) is 0 Å². The number of carbonyl (C=O) groups is 1. The molecule has 0 aliphatic rings. The van der Waals surface area contributed by atoms with Gasteiger partial charge in [0, 0.05) is 0 Å². The molecule has 0 amide bonds. The van der Waals surface area contributed by atoms with Gasteiger partial charge in [-0.3, -0.25) is 4.79 Å². The number of carboxylic acid groups (broad SMARTS) is 1. The first-order chi connectivity index (χ1) is 7.41. The summed E-state index contributed by atoms with van der Waals surface area (Å²) in [5.74, 6) is -1.38. The Morgan fingerprint density at radius 2 is 2.06 bits per heavy atom. The summed E-state index contributed by atoms with van der Waals surface area (Å²) in [7, 11) is 0. The van der Waals surface area contributed by atoms with Crippen LogP contribution in [0.1, 0.15) is 25.3 Å². The molecule has 0 radical (unpaired) electrons. The molecule has 1 aromatic carbocycles. The minimum atomic E-state index is -1.30.